The van der Waals surface area contributed by atoms with Crippen LogP contribution in [-0.2, 0) is 25.7 Å². The van der Waals surface area contributed by atoms with Gasteiger partial charge >= 0.3 is 0 Å². The van der Waals surface area contributed by atoms with Gasteiger partial charge in [0.25, 0.3) is 0 Å². The highest BCUT2D eigenvalue weighted by atomic mass is 16.5. The van der Waals surface area contributed by atoms with Crippen LogP contribution in [0.1, 0.15) is 44.5 Å². The van der Waals surface area contributed by atoms with Crippen molar-refractivity contribution in [2.24, 2.45) is 0 Å². The molecule has 0 spiro atoms. The van der Waals surface area contributed by atoms with Crippen molar-refractivity contribution in [3.63, 3.8) is 0 Å². The topological polar surface area (TPSA) is 131 Å². The fraction of sp³-hybridized carbons (Fsp3) is 0.100. The Morgan fingerprint density at radius 2 is 0.596 bits per heavy atom. The molecule has 6 rings (SSSR count). The fourth-order valence-electron chi connectivity index (χ4n) is 5.58. The molecule has 0 aliphatic heterocycles. The van der Waals surface area contributed by atoms with Crippen LogP contribution in [-0.4, -0.2) is 30.6 Å². The van der Waals surface area contributed by atoms with Crippen molar-refractivity contribution in [1.82, 2.24) is 0 Å². The second kappa shape index (κ2) is 13.5. The number of aromatic hydroxyl groups is 6. The zero-order chi connectivity index (χ0) is 32.9. The number of hydrogen-bond donors (Lipinski definition) is 6. The van der Waals surface area contributed by atoms with E-state index in [0.717, 1.165) is 33.4 Å². The molecule has 6 aromatic carbocycles. The van der Waals surface area contributed by atoms with Crippen LogP contribution in [0.3, 0.4) is 0 Å². The van der Waals surface area contributed by atoms with E-state index in [4.69, 9.17) is 4.74 Å². The van der Waals surface area contributed by atoms with Crippen molar-refractivity contribution in [3.8, 4) is 46.0 Å². The van der Waals surface area contributed by atoms with Gasteiger partial charge in [-0.05, 0) is 95.1 Å². The monoisotopic (exact) mass is 626 g/mol. The highest BCUT2D eigenvalue weighted by molar-refractivity contribution is 5.50. The van der Waals surface area contributed by atoms with Gasteiger partial charge in [0.15, 0.2) is 0 Å². The zero-order valence-corrected chi connectivity index (χ0v) is 25.5. The molecule has 236 valence electrons. The highest BCUT2D eigenvalue weighted by Crippen LogP contribution is 2.35. The molecule has 0 saturated carbocycles. The lowest BCUT2D eigenvalue weighted by molar-refractivity contribution is 0.452. The second-order valence-electron chi connectivity index (χ2n) is 11.7. The lowest BCUT2D eigenvalue weighted by atomic mass is 9.98. The van der Waals surface area contributed by atoms with Gasteiger partial charge < -0.3 is 35.4 Å². The van der Waals surface area contributed by atoms with Crippen molar-refractivity contribution in [2.75, 3.05) is 0 Å². The first kappa shape index (κ1) is 30.9. The first-order valence-corrected chi connectivity index (χ1v) is 15.2. The van der Waals surface area contributed by atoms with Gasteiger partial charge in [-0.1, -0.05) is 48.5 Å². The minimum atomic E-state index is 0.101. The molecule has 6 aromatic rings. The Balaban J connectivity index is 1.18. The number of benzene rings is 6. The third-order valence-corrected chi connectivity index (χ3v) is 8.06. The standard InChI is InChI=1S/C40H34O7/c41-33-9-13-37(45)29(21-33)17-25-1-5-27(6-2-25)19-31-23-35(43)11-15-39(31)47-40-16-12-36(44)24-32(40)20-28-7-3-26(4-8-28)18-30-22-34(42)10-14-38(30)46/h1-16,21-24,41-46H,17-20H2. The molecule has 0 aliphatic rings. The predicted octanol–water partition coefficient (Wildman–Crippen LogP) is 8.08. The van der Waals surface area contributed by atoms with E-state index < -0.39 is 0 Å². The molecule has 6 N–H and O–H groups in total. The van der Waals surface area contributed by atoms with Crippen molar-refractivity contribution >= 4 is 0 Å². The molecule has 47 heavy (non-hydrogen) atoms. The SMILES string of the molecule is Oc1ccc(O)c(Cc2ccc(Cc3cc(O)ccc3Oc3ccc(O)cc3Cc3ccc(Cc4cc(O)ccc4O)cc3)cc2)c1. The summed E-state index contributed by atoms with van der Waals surface area (Å²) in [7, 11) is 0. The van der Waals surface area contributed by atoms with Crippen LogP contribution in [0.4, 0.5) is 0 Å². The molecule has 0 heterocycles. The summed E-state index contributed by atoms with van der Waals surface area (Å²) in [6, 6.07) is 34.8. The molecular weight excluding hydrogens is 592 g/mol. The van der Waals surface area contributed by atoms with Crippen molar-refractivity contribution in [2.45, 2.75) is 25.7 Å². The maximum atomic E-state index is 10.3. The van der Waals surface area contributed by atoms with Crippen molar-refractivity contribution in [1.29, 1.82) is 0 Å². The first-order chi connectivity index (χ1) is 22.7. The lowest BCUT2D eigenvalue weighted by Crippen LogP contribution is -1.98. The van der Waals surface area contributed by atoms with Crippen LogP contribution in [0.15, 0.2) is 121 Å². The molecule has 0 radical (unpaired) electrons. The molecular formula is C40H34O7. The molecule has 7 heteroatoms. The van der Waals surface area contributed by atoms with Crippen LogP contribution < -0.4 is 4.74 Å². The Labute approximate surface area is 272 Å². The van der Waals surface area contributed by atoms with Gasteiger partial charge in [-0.15, -0.1) is 0 Å². The average Bonchev–Trinajstić information content (AvgIpc) is 3.05. The summed E-state index contributed by atoms with van der Waals surface area (Å²) in [4.78, 5) is 0. The van der Waals surface area contributed by atoms with Crippen molar-refractivity contribution in [3.05, 3.63) is 166 Å². The normalized spacial score (nSPS) is 11.0. The summed E-state index contributed by atoms with van der Waals surface area (Å²) in [5.74, 6) is 1.85. The minimum Gasteiger partial charge on any atom is -0.508 e. The van der Waals surface area contributed by atoms with Crippen molar-refractivity contribution < 1.29 is 35.4 Å². The summed E-state index contributed by atoms with van der Waals surface area (Å²) in [5, 5.41) is 60.5. The Kier molecular flexibility index (Phi) is 8.88. The van der Waals surface area contributed by atoms with E-state index in [9.17, 15) is 30.6 Å². The van der Waals surface area contributed by atoms with Gasteiger partial charge in [-0.3, -0.25) is 0 Å². The number of ether oxygens (including phenoxy) is 1. The summed E-state index contributed by atoms with van der Waals surface area (Å²) < 4.78 is 6.42. The van der Waals surface area contributed by atoms with E-state index in [-0.39, 0.29) is 34.5 Å². The number of rotatable bonds is 10. The van der Waals surface area contributed by atoms with E-state index in [1.165, 1.54) is 24.3 Å². The average molecular weight is 627 g/mol. The molecule has 7 nitrogen and oxygen atoms in total. The molecule has 0 aromatic heterocycles. The van der Waals surface area contributed by atoms with E-state index in [2.05, 4.69) is 0 Å². The van der Waals surface area contributed by atoms with Crippen LogP contribution in [0.2, 0.25) is 0 Å². The number of phenolic OH excluding ortho intramolecular Hbond substituents is 6. The largest absolute Gasteiger partial charge is 0.508 e. The van der Waals surface area contributed by atoms with E-state index >= 15 is 0 Å². The molecule has 0 amide bonds. The fourth-order valence-corrected chi connectivity index (χ4v) is 5.58. The van der Waals surface area contributed by atoms with Gasteiger partial charge in [-0.2, -0.15) is 0 Å². The van der Waals surface area contributed by atoms with E-state index in [0.29, 0.717) is 48.3 Å². The van der Waals surface area contributed by atoms with Crippen LogP contribution >= 0.6 is 0 Å². The van der Waals surface area contributed by atoms with E-state index in [1.54, 1.807) is 48.5 Å². The summed E-state index contributed by atoms with van der Waals surface area (Å²) in [6.45, 7) is 0. The Hall–Kier alpha value is -6.08. The summed E-state index contributed by atoms with van der Waals surface area (Å²) >= 11 is 0. The summed E-state index contributed by atoms with van der Waals surface area (Å²) in [6.07, 6.45) is 1.92. The molecule has 0 bridgehead atoms. The molecule has 0 saturated heterocycles. The molecule has 0 fully saturated rings. The first-order valence-electron chi connectivity index (χ1n) is 15.2. The van der Waals surface area contributed by atoms with Gasteiger partial charge in [0, 0.05) is 47.9 Å². The maximum absolute atomic E-state index is 10.3. The smallest absolute Gasteiger partial charge is 0.131 e. The number of hydrogen-bond acceptors (Lipinski definition) is 7. The Morgan fingerprint density at radius 1 is 0.319 bits per heavy atom. The zero-order valence-electron chi connectivity index (χ0n) is 25.5. The highest BCUT2D eigenvalue weighted by Gasteiger charge is 2.13. The minimum absolute atomic E-state index is 0.101. The third kappa shape index (κ3) is 7.78. The third-order valence-electron chi connectivity index (χ3n) is 8.06. The predicted molar refractivity (Wildman–Crippen MR) is 180 cm³/mol. The lowest BCUT2D eigenvalue weighted by Gasteiger charge is -2.16. The number of phenols is 6. The molecule has 0 atom stereocenters. The molecule has 0 aliphatic carbocycles. The maximum Gasteiger partial charge on any atom is 0.131 e. The van der Waals surface area contributed by atoms with Gasteiger partial charge in [-0.25, -0.2) is 0 Å². The molecule has 0 unspecified atom stereocenters. The van der Waals surface area contributed by atoms with Crippen LogP contribution in [0.25, 0.3) is 0 Å². The van der Waals surface area contributed by atoms with Crippen LogP contribution in [0.5, 0.6) is 46.0 Å². The van der Waals surface area contributed by atoms with Gasteiger partial charge in [0.05, 0.1) is 0 Å². The van der Waals surface area contributed by atoms with Gasteiger partial charge in [0.1, 0.15) is 46.0 Å². The van der Waals surface area contributed by atoms with E-state index in [1.807, 2.05) is 48.5 Å². The quantitative estimate of drug-likeness (QED) is 0.0848. The second-order valence-corrected chi connectivity index (χ2v) is 11.7. The Bertz CT molecular complexity index is 1870. The Morgan fingerprint density at radius 3 is 0.936 bits per heavy atom. The van der Waals surface area contributed by atoms with Gasteiger partial charge in [0.2, 0.25) is 0 Å². The summed E-state index contributed by atoms with van der Waals surface area (Å²) in [5.41, 5.74) is 6.77. The van der Waals surface area contributed by atoms with Crippen LogP contribution in [0, 0.1) is 0 Å².